The van der Waals surface area contributed by atoms with E-state index in [-0.39, 0.29) is 37.7 Å². The molecule has 5 heavy (non-hydrogen) atoms. The van der Waals surface area contributed by atoms with E-state index in [9.17, 15) is 0 Å². The van der Waals surface area contributed by atoms with Gasteiger partial charge in [-0.25, -0.2) is 0 Å². The molecular formula is H4CrF2O2. The molecule has 0 bridgehead atoms. The van der Waals surface area contributed by atoms with Crippen LogP contribution in [-0.2, 0) is 17.4 Å². The topological polar surface area (TPSA) is 63.0 Å². The van der Waals surface area contributed by atoms with E-state index in [0.717, 1.165) is 0 Å². The van der Waals surface area contributed by atoms with Gasteiger partial charge in [-0.3, -0.25) is 0 Å². The average molecular weight is 126 g/mol. The Bertz CT molecular complexity index is 7.61. The van der Waals surface area contributed by atoms with Gasteiger partial charge in [0, 0.05) is 0 Å². The molecule has 0 atom stereocenters. The summed E-state index contributed by atoms with van der Waals surface area (Å²) in [6.45, 7) is 0. The van der Waals surface area contributed by atoms with Crippen LogP contribution in [0.3, 0.4) is 0 Å². The fourth-order valence-corrected chi connectivity index (χ4v) is 0. The molecule has 0 spiro atoms. The molecule has 0 fully saturated rings. The van der Waals surface area contributed by atoms with Gasteiger partial charge < -0.3 is 20.4 Å². The third kappa shape index (κ3) is 236. The van der Waals surface area contributed by atoms with Gasteiger partial charge in [-0.15, -0.1) is 0 Å². The molecule has 0 unspecified atom stereocenters. The number of hydrogen-bond acceptors (Lipinski definition) is 0. The van der Waals surface area contributed by atoms with E-state index in [1.165, 1.54) is 0 Å². The predicted molar refractivity (Wildman–Crippen MR) is 7.23 cm³/mol. The van der Waals surface area contributed by atoms with Crippen LogP contribution in [0.1, 0.15) is 0 Å². The van der Waals surface area contributed by atoms with Crippen molar-refractivity contribution in [3.05, 3.63) is 0 Å². The summed E-state index contributed by atoms with van der Waals surface area (Å²) in [4.78, 5) is 0. The van der Waals surface area contributed by atoms with Crippen LogP contribution < -0.4 is 9.41 Å². The second-order valence-electron chi connectivity index (χ2n) is 0. The largest absolute Gasteiger partial charge is 2.00 e. The van der Waals surface area contributed by atoms with Crippen molar-refractivity contribution in [1.82, 2.24) is 0 Å². The molecule has 0 amide bonds. The fourth-order valence-electron chi connectivity index (χ4n) is 0. The average Bonchev–Trinajstić information content (AvgIpc) is 0. The van der Waals surface area contributed by atoms with Gasteiger partial charge >= 0.3 is 17.4 Å². The fraction of sp³-hybridized carbons (Fsp3) is 0. The van der Waals surface area contributed by atoms with Crippen LogP contribution in [0.2, 0.25) is 0 Å². The Kier molecular flexibility index (Phi) is 98100. The van der Waals surface area contributed by atoms with Gasteiger partial charge in [-0.1, -0.05) is 0 Å². The van der Waals surface area contributed by atoms with Crippen LogP contribution in [0.4, 0.5) is 0 Å². The van der Waals surface area contributed by atoms with Crippen molar-refractivity contribution in [2.24, 2.45) is 0 Å². The van der Waals surface area contributed by atoms with Gasteiger partial charge in [0.25, 0.3) is 0 Å². The first kappa shape index (κ1) is 1010. The first-order chi connectivity index (χ1) is 0. The molecule has 0 aliphatic rings. The van der Waals surface area contributed by atoms with Gasteiger partial charge in [-0.05, 0) is 0 Å². The van der Waals surface area contributed by atoms with Gasteiger partial charge in [-0.2, -0.15) is 0 Å². The molecule has 0 aliphatic heterocycles. The zero-order chi connectivity index (χ0) is 0. The maximum Gasteiger partial charge on any atom is 2.00 e. The van der Waals surface area contributed by atoms with Crippen molar-refractivity contribution in [1.29, 1.82) is 0 Å². The van der Waals surface area contributed by atoms with Crippen LogP contribution in [0, 0.1) is 0 Å². The molecule has 0 rings (SSSR count). The van der Waals surface area contributed by atoms with Crippen molar-refractivity contribution in [2.45, 2.75) is 0 Å². The zero-order valence-corrected chi connectivity index (χ0v) is 3.44. The quantitative estimate of drug-likeness (QED) is 0.309. The summed E-state index contributed by atoms with van der Waals surface area (Å²) in [6, 6.07) is 0. The van der Waals surface area contributed by atoms with Crippen molar-refractivity contribution in [3.63, 3.8) is 0 Å². The minimum Gasteiger partial charge on any atom is -1.00 e. The smallest absolute Gasteiger partial charge is 1.00 e. The van der Waals surface area contributed by atoms with E-state index in [1.54, 1.807) is 0 Å². The molecule has 5 heteroatoms. The minimum atomic E-state index is 0. The Morgan fingerprint density at radius 1 is 0.600 bits per heavy atom. The molecule has 0 aromatic carbocycles. The van der Waals surface area contributed by atoms with E-state index in [1.807, 2.05) is 0 Å². The molecule has 0 radical (unpaired) electrons. The standard InChI is InChI=1S/Cr.2FH.2H2O/h;2*1H;2*1H2/q+2;;;;/p-2. The SMILES string of the molecule is O.O.[Cr+2].[F-].[F-]. The van der Waals surface area contributed by atoms with E-state index in [4.69, 9.17) is 0 Å². The summed E-state index contributed by atoms with van der Waals surface area (Å²) in [7, 11) is 0. The Labute approximate surface area is 38.7 Å². The van der Waals surface area contributed by atoms with Crippen molar-refractivity contribution < 1.29 is 37.7 Å². The summed E-state index contributed by atoms with van der Waals surface area (Å²) in [5.74, 6) is 0. The van der Waals surface area contributed by atoms with Crippen molar-refractivity contribution in [3.8, 4) is 0 Å². The monoisotopic (exact) mass is 126 g/mol. The Morgan fingerprint density at radius 3 is 0.600 bits per heavy atom. The van der Waals surface area contributed by atoms with Crippen molar-refractivity contribution in [2.75, 3.05) is 0 Å². The molecule has 0 saturated carbocycles. The number of rotatable bonds is 0. The van der Waals surface area contributed by atoms with Crippen LogP contribution >= 0.6 is 0 Å². The second kappa shape index (κ2) is 485. The van der Waals surface area contributed by atoms with Crippen LogP contribution in [-0.4, -0.2) is 11.0 Å². The Balaban J connectivity index is 0. The van der Waals surface area contributed by atoms with Crippen LogP contribution in [0.25, 0.3) is 0 Å². The number of halogens is 2. The molecule has 2 nitrogen and oxygen atoms in total. The summed E-state index contributed by atoms with van der Waals surface area (Å²) in [5.41, 5.74) is 0. The maximum absolute atomic E-state index is 0. The molecule has 4 N–H and O–H groups in total. The first-order valence-electron chi connectivity index (χ1n) is 0. The molecule has 0 heterocycles. The third-order valence-electron chi connectivity index (χ3n) is 0. The van der Waals surface area contributed by atoms with Crippen LogP contribution in [0.5, 0.6) is 0 Å². The Morgan fingerprint density at radius 2 is 0.600 bits per heavy atom. The minimum absolute atomic E-state index is 0. The summed E-state index contributed by atoms with van der Waals surface area (Å²) in [5, 5.41) is 0. The Hall–Kier alpha value is 0.312. The molecule has 0 saturated heterocycles. The molecule has 0 aliphatic carbocycles. The molecular weight excluding hydrogens is 122 g/mol. The van der Waals surface area contributed by atoms with E-state index in [0.29, 0.717) is 0 Å². The third-order valence-corrected chi connectivity index (χ3v) is 0. The summed E-state index contributed by atoms with van der Waals surface area (Å²) < 4.78 is 0. The van der Waals surface area contributed by atoms with Gasteiger partial charge in [0.05, 0.1) is 0 Å². The summed E-state index contributed by atoms with van der Waals surface area (Å²) >= 11 is 0. The predicted octanol–water partition coefficient (Wildman–Crippen LogP) is -7.64. The first-order valence-corrected chi connectivity index (χ1v) is 0. The number of hydrogen-bond donors (Lipinski definition) is 0. The summed E-state index contributed by atoms with van der Waals surface area (Å²) in [6.07, 6.45) is 0. The van der Waals surface area contributed by atoms with Gasteiger partial charge in [0.15, 0.2) is 0 Å². The second-order valence-corrected chi connectivity index (χ2v) is 0. The van der Waals surface area contributed by atoms with Crippen molar-refractivity contribution >= 4 is 0 Å². The van der Waals surface area contributed by atoms with E-state index < -0.39 is 0 Å². The zero-order valence-electron chi connectivity index (χ0n) is 2.16. The van der Waals surface area contributed by atoms with Gasteiger partial charge in [0.1, 0.15) is 0 Å². The molecule has 36 valence electrons. The van der Waals surface area contributed by atoms with Crippen LogP contribution in [0.15, 0.2) is 0 Å². The maximum atomic E-state index is 0. The van der Waals surface area contributed by atoms with E-state index in [2.05, 4.69) is 0 Å². The molecule has 0 aromatic rings. The normalized spacial score (nSPS) is 0. The van der Waals surface area contributed by atoms with E-state index >= 15 is 0 Å². The molecule has 0 aromatic heterocycles. The van der Waals surface area contributed by atoms with Gasteiger partial charge in [0.2, 0.25) is 0 Å².